The molecule has 3 rings (SSSR count). The molecule has 0 aromatic heterocycles. The van der Waals surface area contributed by atoms with E-state index >= 15 is 0 Å². The van der Waals surface area contributed by atoms with Crippen molar-refractivity contribution in [2.75, 3.05) is 32.8 Å². The van der Waals surface area contributed by atoms with Gasteiger partial charge in [0.2, 0.25) is 0 Å². The summed E-state index contributed by atoms with van der Waals surface area (Å²) >= 11 is 0. The van der Waals surface area contributed by atoms with Crippen molar-refractivity contribution in [2.24, 2.45) is 5.92 Å². The maximum atomic E-state index is 8.63. The first-order chi connectivity index (χ1) is 11.1. The molecule has 2 aliphatic rings. The first kappa shape index (κ1) is 21.1. The Morgan fingerprint density at radius 1 is 1.38 bits per heavy atom. The van der Waals surface area contributed by atoms with E-state index in [2.05, 4.69) is 54.0 Å². The highest BCUT2D eigenvalue weighted by molar-refractivity contribution is 5.85. The molecule has 0 bridgehead atoms. The van der Waals surface area contributed by atoms with E-state index in [1.54, 1.807) is 12.5 Å². The van der Waals surface area contributed by atoms with E-state index in [-0.39, 0.29) is 25.1 Å². The summed E-state index contributed by atoms with van der Waals surface area (Å²) in [6, 6.07) is 8.84. The molecular formula is C19H31ClN2O2. The lowest BCUT2D eigenvalue weighted by molar-refractivity contribution is 0.186. The quantitative estimate of drug-likeness (QED) is 0.624. The summed E-state index contributed by atoms with van der Waals surface area (Å²) in [7, 11) is 0. The van der Waals surface area contributed by atoms with Crippen LogP contribution in [0.3, 0.4) is 0 Å². The van der Waals surface area contributed by atoms with E-state index in [0.29, 0.717) is 24.4 Å². The molecule has 1 aliphatic heterocycles. The van der Waals surface area contributed by atoms with Gasteiger partial charge in [0.15, 0.2) is 0 Å². The van der Waals surface area contributed by atoms with Gasteiger partial charge in [0.1, 0.15) is 0 Å². The summed E-state index contributed by atoms with van der Waals surface area (Å²) in [6.45, 7) is 7.59. The number of benzene rings is 1. The van der Waals surface area contributed by atoms with E-state index in [4.69, 9.17) is 10.2 Å². The van der Waals surface area contributed by atoms with Gasteiger partial charge in [0.25, 0.3) is 0 Å². The summed E-state index contributed by atoms with van der Waals surface area (Å²) in [6.07, 6.45) is 5.66. The standard InChI is InChI=1S/C14H17N.C5H13NO2.ClH/c1-11-10-15-9-8-14(11)7-6-12-4-2-3-5-13(12)14;1-5(8)4-6-2-3-7;/h2-7,11,15H,8-10H2,1H3;5-8H,2-4H2,1H3;1H/t11-,14-;5-;/m01./s1. The van der Waals surface area contributed by atoms with Crippen molar-refractivity contribution < 1.29 is 10.2 Å². The molecule has 24 heavy (non-hydrogen) atoms. The van der Waals surface area contributed by atoms with Crippen LogP contribution in [-0.2, 0) is 5.41 Å². The topological polar surface area (TPSA) is 64.5 Å². The number of hydrogen-bond donors (Lipinski definition) is 4. The van der Waals surface area contributed by atoms with E-state index in [1.807, 2.05) is 0 Å². The van der Waals surface area contributed by atoms with Crippen molar-refractivity contribution in [2.45, 2.75) is 31.8 Å². The zero-order valence-electron chi connectivity index (χ0n) is 14.7. The highest BCUT2D eigenvalue weighted by Gasteiger charge is 2.40. The zero-order chi connectivity index (χ0) is 16.7. The van der Waals surface area contributed by atoms with Crippen LogP contribution in [0.2, 0.25) is 0 Å². The monoisotopic (exact) mass is 354 g/mol. The lowest BCUT2D eigenvalue weighted by Gasteiger charge is -2.40. The number of halogens is 1. The minimum absolute atomic E-state index is 0. The summed E-state index contributed by atoms with van der Waals surface area (Å²) in [5, 5.41) is 23.2. The third-order valence-electron chi connectivity index (χ3n) is 4.80. The second-order valence-electron chi connectivity index (χ2n) is 6.59. The molecule has 0 amide bonds. The SMILES string of the molecule is C[C@@H](O)CNCCO.C[C@H]1CNCC[C@@]12C=Cc1ccccc12.Cl. The number of aliphatic hydroxyl groups is 2. The third-order valence-corrected chi connectivity index (χ3v) is 4.80. The Bertz CT molecular complexity index is 522. The van der Waals surface area contributed by atoms with Gasteiger partial charge in [0.05, 0.1) is 12.7 Å². The fraction of sp³-hybridized carbons (Fsp3) is 0.579. The van der Waals surface area contributed by atoms with Crippen LogP contribution >= 0.6 is 12.4 Å². The Kier molecular flexibility index (Phi) is 8.95. The maximum absolute atomic E-state index is 8.63. The molecule has 1 aliphatic carbocycles. The van der Waals surface area contributed by atoms with Gasteiger partial charge >= 0.3 is 0 Å². The van der Waals surface area contributed by atoms with Gasteiger partial charge in [0, 0.05) is 18.5 Å². The van der Waals surface area contributed by atoms with E-state index < -0.39 is 0 Å². The number of aliphatic hydroxyl groups excluding tert-OH is 2. The Morgan fingerprint density at radius 2 is 2.12 bits per heavy atom. The molecule has 1 heterocycles. The number of allylic oxidation sites excluding steroid dienone is 1. The predicted molar refractivity (Wildman–Crippen MR) is 103 cm³/mol. The smallest absolute Gasteiger partial charge is 0.0636 e. The second kappa shape index (κ2) is 10.2. The Hall–Kier alpha value is -0.910. The van der Waals surface area contributed by atoms with Gasteiger partial charge in [-0.05, 0) is 43.5 Å². The van der Waals surface area contributed by atoms with Crippen LogP contribution in [0.5, 0.6) is 0 Å². The van der Waals surface area contributed by atoms with E-state index in [9.17, 15) is 0 Å². The first-order valence-corrected chi connectivity index (χ1v) is 8.59. The molecule has 3 atom stereocenters. The average molecular weight is 355 g/mol. The molecule has 136 valence electrons. The fourth-order valence-corrected chi connectivity index (χ4v) is 3.47. The Labute approximate surface area is 151 Å². The van der Waals surface area contributed by atoms with Crippen molar-refractivity contribution in [3.63, 3.8) is 0 Å². The summed E-state index contributed by atoms with van der Waals surface area (Å²) in [4.78, 5) is 0. The molecule has 1 fully saturated rings. The van der Waals surface area contributed by atoms with Crippen LogP contribution in [0, 0.1) is 5.92 Å². The van der Waals surface area contributed by atoms with E-state index in [1.165, 1.54) is 12.0 Å². The second-order valence-corrected chi connectivity index (χ2v) is 6.59. The number of rotatable bonds is 4. The maximum Gasteiger partial charge on any atom is 0.0636 e. The third kappa shape index (κ3) is 5.04. The molecule has 5 heteroatoms. The normalized spacial score (nSPS) is 25.4. The van der Waals surface area contributed by atoms with Gasteiger partial charge < -0.3 is 20.8 Å². The minimum Gasteiger partial charge on any atom is -0.395 e. The van der Waals surface area contributed by atoms with Crippen LogP contribution in [0.4, 0.5) is 0 Å². The molecule has 4 nitrogen and oxygen atoms in total. The average Bonchev–Trinajstić information content (AvgIpc) is 2.91. The van der Waals surface area contributed by atoms with Gasteiger partial charge in [-0.1, -0.05) is 43.3 Å². The molecule has 1 spiro atoms. The summed E-state index contributed by atoms with van der Waals surface area (Å²) in [5.41, 5.74) is 3.28. The number of nitrogens with one attached hydrogen (secondary N) is 2. The fourth-order valence-electron chi connectivity index (χ4n) is 3.47. The molecule has 0 unspecified atom stereocenters. The molecule has 1 aromatic carbocycles. The van der Waals surface area contributed by atoms with E-state index in [0.717, 1.165) is 13.1 Å². The largest absolute Gasteiger partial charge is 0.395 e. The molecule has 0 saturated carbocycles. The van der Waals surface area contributed by atoms with Crippen LogP contribution < -0.4 is 10.6 Å². The first-order valence-electron chi connectivity index (χ1n) is 8.59. The van der Waals surface area contributed by atoms with Gasteiger partial charge in [-0.3, -0.25) is 0 Å². The van der Waals surface area contributed by atoms with Crippen molar-refractivity contribution in [3.05, 3.63) is 41.5 Å². The Balaban J connectivity index is 0.000000279. The predicted octanol–water partition coefficient (Wildman–Crippen LogP) is 1.95. The molecular weight excluding hydrogens is 324 g/mol. The summed E-state index contributed by atoms with van der Waals surface area (Å²) < 4.78 is 0. The van der Waals surface area contributed by atoms with Crippen LogP contribution in [0.1, 0.15) is 31.4 Å². The van der Waals surface area contributed by atoms with Gasteiger partial charge in [-0.2, -0.15) is 0 Å². The molecule has 1 saturated heterocycles. The molecule has 0 radical (unpaired) electrons. The van der Waals surface area contributed by atoms with Crippen molar-refractivity contribution >= 4 is 18.5 Å². The Morgan fingerprint density at radius 3 is 2.79 bits per heavy atom. The molecule has 1 aromatic rings. The van der Waals surface area contributed by atoms with Crippen LogP contribution in [0.15, 0.2) is 30.3 Å². The van der Waals surface area contributed by atoms with Crippen molar-refractivity contribution in [1.82, 2.24) is 10.6 Å². The number of fused-ring (bicyclic) bond motifs is 2. The van der Waals surface area contributed by atoms with Crippen LogP contribution in [-0.4, -0.2) is 49.1 Å². The lowest BCUT2D eigenvalue weighted by Crippen LogP contribution is -2.44. The van der Waals surface area contributed by atoms with Crippen LogP contribution in [0.25, 0.3) is 6.08 Å². The number of hydrogen-bond acceptors (Lipinski definition) is 4. The van der Waals surface area contributed by atoms with Gasteiger partial charge in [-0.15, -0.1) is 12.4 Å². The molecule has 4 N–H and O–H groups in total. The van der Waals surface area contributed by atoms with Gasteiger partial charge in [-0.25, -0.2) is 0 Å². The van der Waals surface area contributed by atoms with Crippen molar-refractivity contribution in [1.29, 1.82) is 0 Å². The zero-order valence-corrected chi connectivity index (χ0v) is 15.5. The minimum atomic E-state index is -0.318. The lowest BCUT2D eigenvalue weighted by atomic mass is 9.68. The van der Waals surface area contributed by atoms with Crippen molar-refractivity contribution in [3.8, 4) is 0 Å². The number of piperidine rings is 1. The highest BCUT2D eigenvalue weighted by atomic mass is 35.5. The highest BCUT2D eigenvalue weighted by Crippen LogP contribution is 2.45. The summed E-state index contributed by atoms with van der Waals surface area (Å²) in [5.74, 6) is 0.700.